The summed E-state index contributed by atoms with van der Waals surface area (Å²) in [5.74, 6) is -0.123. The Bertz CT molecular complexity index is 535. The molecule has 17 heavy (non-hydrogen) atoms. The molecule has 0 fully saturated rings. The van der Waals surface area contributed by atoms with Gasteiger partial charge in [-0.05, 0) is 23.3 Å². The maximum absolute atomic E-state index is 11.0. The smallest absolute Gasteiger partial charge is 0.221 e. The van der Waals surface area contributed by atoms with Gasteiger partial charge in [0.05, 0.1) is 11.4 Å². The van der Waals surface area contributed by atoms with E-state index < -0.39 is 0 Å². The van der Waals surface area contributed by atoms with Gasteiger partial charge in [0.15, 0.2) is 0 Å². The van der Waals surface area contributed by atoms with Crippen LogP contribution in [0.15, 0.2) is 48.5 Å². The zero-order chi connectivity index (χ0) is 12.3. The molecule has 0 heterocycles. The Hall–Kier alpha value is -2.29. The highest BCUT2D eigenvalue weighted by molar-refractivity contribution is 5.93. The van der Waals surface area contributed by atoms with Gasteiger partial charge >= 0.3 is 0 Å². The molecule has 0 atom stereocenters. The van der Waals surface area contributed by atoms with E-state index in [9.17, 15) is 4.79 Å². The van der Waals surface area contributed by atoms with Crippen LogP contribution >= 0.6 is 0 Å². The van der Waals surface area contributed by atoms with Gasteiger partial charge in [0.25, 0.3) is 0 Å². The summed E-state index contributed by atoms with van der Waals surface area (Å²) in [7, 11) is 0. The third kappa shape index (κ3) is 2.64. The first-order chi connectivity index (χ1) is 8.16. The third-order valence-electron chi connectivity index (χ3n) is 2.47. The summed E-state index contributed by atoms with van der Waals surface area (Å²) in [6.45, 7) is 1.47. The van der Waals surface area contributed by atoms with Crippen LogP contribution < -0.4 is 11.1 Å². The molecule has 0 saturated carbocycles. The molecule has 0 aromatic heterocycles. The van der Waals surface area contributed by atoms with Crippen LogP contribution in [0.4, 0.5) is 11.4 Å². The topological polar surface area (TPSA) is 55.1 Å². The zero-order valence-electron chi connectivity index (χ0n) is 9.60. The lowest BCUT2D eigenvalue weighted by Crippen LogP contribution is -2.08. The Kier molecular flexibility index (Phi) is 3.10. The predicted molar refractivity (Wildman–Crippen MR) is 70.6 cm³/mol. The number of anilines is 2. The molecule has 3 heteroatoms. The van der Waals surface area contributed by atoms with Crippen LogP contribution in [0.3, 0.4) is 0 Å². The average molecular weight is 226 g/mol. The van der Waals surface area contributed by atoms with Crippen molar-refractivity contribution >= 4 is 17.3 Å². The van der Waals surface area contributed by atoms with Crippen molar-refractivity contribution in [2.75, 3.05) is 11.1 Å². The lowest BCUT2D eigenvalue weighted by atomic mass is 10.0. The molecule has 1 amide bonds. The van der Waals surface area contributed by atoms with Crippen molar-refractivity contribution < 1.29 is 4.79 Å². The first-order valence-corrected chi connectivity index (χ1v) is 5.39. The average Bonchev–Trinajstić information content (AvgIpc) is 2.32. The minimum atomic E-state index is -0.123. The van der Waals surface area contributed by atoms with Gasteiger partial charge in [-0.25, -0.2) is 0 Å². The number of hydrogen-bond acceptors (Lipinski definition) is 2. The number of hydrogen-bond donors (Lipinski definition) is 2. The monoisotopic (exact) mass is 226 g/mol. The molecule has 0 radical (unpaired) electrons. The maximum atomic E-state index is 11.0. The molecule has 0 spiro atoms. The standard InChI is InChI=1S/C14H14N2O/c1-10(17)16-14-9-12(7-8-13(14)15)11-5-3-2-4-6-11/h2-9H,15H2,1H3,(H,16,17). The number of nitrogen functional groups attached to an aromatic ring is 1. The third-order valence-corrected chi connectivity index (χ3v) is 2.47. The molecular weight excluding hydrogens is 212 g/mol. The highest BCUT2D eigenvalue weighted by atomic mass is 16.1. The Balaban J connectivity index is 2.41. The molecule has 2 aromatic carbocycles. The fourth-order valence-electron chi connectivity index (χ4n) is 1.66. The molecule has 0 aliphatic rings. The van der Waals surface area contributed by atoms with Gasteiger partial charge in [-0.1, -0.05) is 36.4 Å². The van der Waals surface area contributed by atoms with E-state index in [1.807, 2.05) is 42.5 Å². The number of amides is 1. The fourth-order valence-corrected chi connectivity index (χ4v) is 1.66. The first-order valence-electron chi connectivity index (χ1n) is 5.39. The number of benzene rings is 2. The van der Waals surface area contributed by atoms with Crippen LogP contribution in [0, 0.1) is 0 Å². The Morgan fingerprint density at radius 2 is 1.76 bits per heavy atom. The SMILES string of the molecule is CC(=O)Nc1cc(-c2ccccc2)ccc1N. The normalized spacial score (nSPS) is 9.94. The first kappa shape index (κ1) is 11.2. The molecule has 0 bridgehead atoms. The van der Waals surface area contributed by atoms with E-state index in [4.69, 9.17) is 5.73 Å². The summed E-state index contributed by atoms with van der Waals surface area (Å²) < 4.78 is 0. The highest BCUT2D eigenvalue weighted by Gasteiger charge is 2.04. The van der Waals surface area contributed by atoms with Crippen molar-refractivity contribution in [2.24, 2.45) is 0 Å². The van der Waals surface area contributed by atoms with Crippen molar-refractivity contribution in [3.8, 4) is 11.1 Å². The zero-order valence-corrected chi connectivity index (χ0v) is 9.60. The quantitative estimate of drug-likeness (QED) is 0.773. The Morgan fingerprint density at radius 3 is 2.41 bits per heavy atom. The number of carbonyl (C=O) groups excluding carboxylic acids is 1. The van der Waals surface area contributed by atoms with Crippen molar-refractivity contribution in [1.82, 2.24) is 0 Å². The van der Waals surface area contributed by atoms with E-state index in [1.165, 1.54) is 6.92 Å². The van der Waals surface area contributed by atoms with Crippen LogP contribution in [0.1, 0.15) is 6.92 Å². The molecule has 0 aliphatic heterocycles. The lowest BCUT2D eigenvalue weighted by molar-refractivity contribution is -0.114. The number of nitrogens with one attached hydrogen (secondary N) is 1. The van der Waals surface area contributed by atoms with Gasteiger partial charge in [0.2, 0.25) is 5.91 Å². The molecule has 2 aromatic rings. The van der Waals surface area contributed by atoms with E-state index >= 15 is 0 Å². The minimum Gasteiger partial charge on any atom is -0.397 e. The molecule has 2 rings (SSSR count). The Labute approximate surface area is 100 Å². The number of rotatable bonds is 2. The lowest BCUT2D eigenvalue weighted by Gasteiger charge is -2.09. The summed E-state index contributed by atoms with van der Waals surface area (Å²) in [5, 5.41) is 2.72. The summed E-state index contributed by atoms with van der Waals surface area (Å²) in [5.41, 5.74) is 9.15. The number of nitrogens with two attached hydrogens (primary N) is 1. The van der Waals surface area contributed by atoms with E-state index in [-0.39, 0.29) is 5.91 Å². The maximum Gasteiger partial charge on any atom is 0.221 e. The van der Waals surface area contributed by atoms with Gasteiger partial charge < -0.3 is 11.1 Å². The van der Waals surface area contributed by atoms with Crippen LogP contribution in [0.5, 0.6) is 0 Å². The second-order valence-electron chi connectivity index (χ2n) is 3.85. The van der Waals surface area contributed by atoms with Gasteiger partial charge in [-0.3, -0.25) is 4.79 Å². The van der Waals surface area contributed by atoms with Crippen LogP contribution in [-0.4, -0.2) is 5.91 Å². The van der Waals surface area contributed by atoms with E-state index in [0.29, 0.717) is 11.4 Å². The summed E-state index contributed by atoms with van der Waals surface area (Å²) in [4.78, 5) is 11.0. The predicted octanol–water partition coefficient (Wildman–Crippen LogP) is 2.89. The second kappa shape index (κ2) is 4.70. The summed E-state index contributed by atoms with van der Waals surface area (Å²) >= 11 is 0. The molecule has 3 N–H and O–H groups in total. The summed E-state index contributed by atoms with van der Waals surface area (Å²) in [6, 6.07) is 15.6. The fraction of sp³-hybridized carbons (Fsp3) is 0.0714. The van der Waals surface area contributed by atoms with Gasteiger partial charge in [-0.15, -0.1) is 0 Å². The highest BCUT2D eigenvalue weighted by Crippen LogP contribution is 2.26. The van der Waals surface area contributed by atoms with Gasteiger partial charge in [-0.2, -0.15) is 0 Å². The molecule has 86 valence electrons. The molecule has 0 unspecified atom stereocenters. The van der Waals surface area contributed by atoms with Crippen LogP contribution in [0.25, 0.3) is 11.1 Å². The van der Waals surface area contributed by atoms with Crippen molar-refractivity contribution in [2.45, 2.75) is 6.92 Å². The van der Waals surface area contributed by atoms with E-state index in [1.54, 1.807) is 6.07 Å². The number of carbonyl (C=O) groups is 1. The molecular formula is C14H14N2O. The largest absolute Gasteiger partial charge is 0.397 e. The molecule has 0 aliphatic carbocycles. The minimum absolute atomic E-state index is 0.123. The second-order valence-corrected chi connectivity index (χ2v) is 3.85. The van der Waals surface area contributed by atoms with Gasteiger partial charge in [0, 0.05) is 6.92 Å². The van der Waals surface area contributed by atoms with E-state index in [0.717, 1.165) is 11.1 Å². The molecule has 3 nitrogen and oxygen atoms in total. The Morgan fingerprint density at radius 1 is 1.06 bits per heavy atom. The van der Waals surface area contributed by atoms with Crippen molar-refractivity contribution in [3.05, 3.63) is 48.5 Å². The van der Waals surface area contributed by atoms with Gasteiger partial charge in [0.1, 0.15) is 0 Å². The van der Waals surface area contributed by atoms with Crippen LogP contribution in [0.2, 0.25) is 0 Å². The van der Waals surface area contributed by atoms with E-state index in [2.05, 4.69) is 5.32 Å². The molecule has 0 saturated heterocycles. The summed E-state index contributed by atoms with van der Waals surface area (Å²) in [6.07, 6.45) is 0. The van der Waals surface area contributed by atoms with Crippen molar-refractivity contribution in [1.29, 1.82) is 0 Å². The van der Waals surface area contributed by atoms with Crippen molar-refractivity contribution in [3.63, 3.8) is 0 Å². The van der Waals surface area contributed by atoms with Crippen LogP contribution in [-0.2, 0) is 4.79 Å².